The summed E-state index contributed by atoms with van der Waals surface area (Å²) >= 11 is 0. The van der Waals surface area contributed by atoms with Crippen molar-refractivity contribution in [1.29, 1.82) is 0 Å². The Labute approximate surface area is 133 Å². The maximum Gasteiger partial charge on any atom is 0.341 e. The standard InChI is InChI=1S/C17H18N2O4/c1-3-23-15-8-10(2)14(9-18-15)19-13(11-4-5-11)7-6-12(16(19)20)17(21)22/h6-9,11H,3-5H2,1-2H3,(H,21,22). The van der Waals surface area contributed by atoms with Crippen LogP contribution in [0.2, 0.25) is 0 Å². The van der Waals surface area contributed by atoms with E-state index in [9.17, 15) is 14.7 Å². The number of hydrogen-bond donors (Lipinski definition) is 1. The molecule has 2 aromatic heterocycles. The molecule has 0 amide bonds. The number of ether oxygens (including phenoxy) is 1. The molecule has 0 radical (unpaired) electrons. The van der Waals surface area contributed by atoms with Crippen LogP contribution in [0, 0.1) is 6.92 Å². The van der Waals surface area contributed by atoms with Crippen molar-refractivity contribution in [3.8, 4) is 11.6 Å². The molecule has 6 nitrogen and oxygen atoms in total. The molecule has 0 aromatic carbocycles. The van der Waals surface area contributed by atoms with Gasteiger partial charge in [-0.1, -0.05) is 0 Å². The zero-order chi connectivity index (χ0) is 16.6. The highest BCUT2D eigenvalue weighted by Gasteiger charge is 2.29. The van der Waals surface area contributed by atoms with E-state index in [1.165, 1.54) is 10.6 Å². The van der Waals surface area contributed by atoms with E-state index in [1.54, 1.807) is 18.3 Å². The average molecular weight is 314 g/mol. The minimum Gasteiger partial charge on any atom is -0.478 e. The highest BCUT2D eigenvalue weighted by atomic mass is 16.5. The second-order valence-corrected chi connectivity index (χ2v) is 5.63. The Morgan fingerprint density at radius 1 is 1.43 bits per heavy atom. The molecule has 1 N–H and O–H groups in total. The number of nitrogens with zero attached hydrogens (tertiary/aromatic N) is 2. The number of aryl methyl sites for hydroxylation is 1. The van der Waals surface area contributed by atoms with Crippen LogP contribution in [0.5, 0.6) is 5.88 Å². The molecular weight excluding hydrogens is 296 g/mol. The first-order valence-corrected chi connectivity index (χ1v) is 7.62. The smallest absolute Gasteiger partial charge is 0.341 e. The van der Waals surface area contributed by atoms with Crippen molar-refractivity contribution in [2.45, 2.75) is 32.6 Å². The lowest BCUT2D eigenvalue weighted by atomic mass is 10.1. The topological polar surface area (TPSA) is 81.4 Å². The molecule has 0 spiro atoms. The van der Waals surface area contributed by atoms with Crippen LogP contribution in [0.3, 0.4) is 0 Å². The summed E-state index contributed by atoms with van der Waals surface area (Å²) in [4.78, 5) is 28.1. The molecule has 1 saturated carbocycles. The van der Waals surface area contributed by atoms with Gasteiger partial charge in [0.1, 0.15) is 5.56 Å². The maximum atomic E-state index is 12.6. The van der Waals surface area contributed by atoms with E-state index in [2.05, 4.69) is 4.98 Å². The van der Waals surface area contributed by atoms with Crippen molar-refractivity contribution >= 4 is 5.97 Å². The summed E-state index contributed by atoms with van der Waals surface area (Å²) in [5, 5.41) is 9.22. The van der Waals surface area contributed by atoms with Gasteiger partial charge in [-0.15, -0.1) is 0 Å². The van der Waals surface area contributed by atoms with Gasteiger partial charge in [0.15, 0.2) is 0 Å². The van der Waals surface area contributed by atoms with Crippen LogP contribution >= 0.6 is 0 Å². The lowest BCUT2D eigenvalue weighted by Crippen LogP contribution is -2.28. The van der Waals surface area contributed by atoms with Crippen molar-refractivity contribution in [3.05, 3.63) is 51.6 Å². The second kappa shape index (κ2) is 5.87. The van der Waals surface area contributed by atoms with Gasteiger partial charge in [0.2, 0.25) is 5.88 Å². The third kappa shape index (κ3) is 2.84. The monoisotopic (exact) mass is 314 g/mol. The number of aromatic nitrogens is 2. The van der Waals surface area contributed by atoms with Crippen LogP contribution in [0.1, 0.15) is 47.3 Å². The van der Waals surface area contributed by atoms with Crippen LogP contribution in [-0.2, 0) is 0 Å². The zero-order valence-corrected chi connectivity index (χ0v) is 13.1. The molecule has 23 heavy (non-hydrogen) atoms. The fourth-order valence-corrected chi connectivity index (χ4v) is 2.65. The second-order valence-electron chi connectivity index (χ2n) is 5.63. The molecular formula is C17H18N2O4. The molecule has 0 atom stereocenters. The lowest BCUT2D eigenvalue weighted by Gasteiger charge is -2.16. The van der Waals surface area contributed by atoms with Crippen molar-refractivity contribution in [1.82, 2.24) is 9.55 Å². The van der Waals surface area contributed by atoms with E-state index in [4.69, 9.17) is 4.74 Å². The van der Waals surface area contributed by atoms with Crippen LogP contribution in [0.25, 0.3) is 5.69 Å². The van der Waals surface area contributed by atoms with Gasteiger partial charge in [0, 0.05) is 11.8 Å². The minimum absolute atomic E-state index is 0.234. The third-order valence-corrected chi connectivity index (χ3v) is 3.93. The summed E-state index contributed by atoms with van der Waals surface area (Å²) in [5.41, 5.74) is 1.51. The summed E-state index contributed by atoms with van der Waals surface area (Å²) in [6.45, 7) is 4.24. The molecule has 1 fully saturated rings. The summed E-state index contributed by atoms with van der Waals surface area (Å²) in [6, 6.07) is 4.89. The first-order chi connectivity index (χ1) is 11.0. The van der Waals surface area contributed by atoms with Crippen LogP contribution in [-0.4, -0.2) is 27.2 Å². The van der Waals surface area contributed by atoms with E-state index in [-0.39, 0.29) is 5.56 Å². The predicted octanol–water partition coefficient (Wildman–Crippen LogP) is 2.52. The number of hydrogen-bond acceptors (Lipinski definition) is 4. The molecule has 2 aromatic rings. The van der Waals surface area contributed by atoms with Crippen molar-refractivity contribution in [3.63, 3.8) is 0 Å². The van der Waals surface area contributed by atoms with E-state index in [0.29, 0.717) is 24.1 Å². The Balaban J connectivity index is 2.20. The van der Waals surface area contributed by atoms with Crippen LogP contribution in [0.15, 0.2) is 29.2 Å². The molecule has 0 bridgehead atoms. The van der Waals surface area contributed by atoms with Gasteiger partial charge < -0.3 is 9.84 Å². The van der Waals surface area contributed by atoms with Gasteiger partial charge in [-0.05, 0) is 50.3 Å². The first-order valence-electron chi connectivity index (χ1n) is 7.62. The Morgan fingerprint density at radius 3 is 2.74 bits per heavy atom. The normalized spacial score (nSPS) is 13.8. The van der Waals surface area contributed by atoms with Crippen molar-refractivity contribution in [2.75, 3.05) is 6.61 Å². The first kappa shape index (κ1) is 15.3. The van der Waals surface area contributed by atoms with Crippen molar-refractivity contribution in [2.24, 2.45) is 0 Å². The number of rotatable bonds is 5. The predicted molar refractivity (Wildman–Crippen MR) is 84.7 cm³/mol. The van der Waals surface area contributed by atoms with E-state index >= 15 is 0 Å². The Hall–Kier alpha value is -2.63. The maximum absolute atomic E-state index is 12.6. The lowest BCUT2D eigenvalue weighted by molar-refractivity contribution is 0.0694. The Bertz CT molecular complexity index is 822. The molecule has 0 unspecified atom stereocenters. The molecule has 0 saturated heterocycles. The highest BCUT2D eigenvalue weighted by Crippen LogP contribution is 2.40. The summed E-state index contributed by atoms with van der Waals surface area (Å²) in [6.07, 6.45) is 3.59. The highest BCUT2D eigenvalue weighted by molar-refractivity contribution is 5.87. The van der Waals surface area contributed by atoms with Gasteiger partial charge in [0.05, 0.1) is 18.5 Å². The number of pyridine rings is 2. The van der Waals surface area contributed by atoms with Crippen molar-refractivity contribution < 1.29 is 14.6 Å². The van der Waals surface area contributed by atoms with E-state index in [0.717, 1.165) is 24.1 Å². The molecule has 3 rings (SSSR count). The van der Waals surface area contributed by atoms with Gasteiger partial charge in [-0.25, -0.2) is 9.78 Å². The van der Waals surface area contributed by atoms with E-state index < -0.39 is 11.5 Å². The molecule has 1 aliphatic carbocycles. The molecule has 120 valence electrons. The summed E-state index contributed by atoms with van der Waals surface area (Å²) < 4.78 is 6.85. The molecule has 1 aliphatic rings. The van der Waals surface area contributed by atoms with Gasteiger partial charge in [-0.2, -0.15) is 0 Å². The summed E-state index contributed by atoms with van der Waals surface area (Å²) in [7, 11) is 0. The number of carboxylic acid groups (broad SMARTS) is 1. The fraction of sp³-hybridized carbons (Fsp3) is 0.353. The van der Waals surface area contributed by atoms with Gasteiger partial charge >= 0.3 is 5.97 Å². The fourth-order valence-electron chi connectivity index (χ4n) is 2.65. The number of carbonyl (C=O) groups is 1. The summed E-state index contributed by atoms with van der Waals surface area (Å²) in [5.74, 6) is -0.427. The van der Waals surface area contributed by atoms with Gasteiger partial charge in [0.25, 0.3) is 5.56 Å². The number of carboxylic acids is 1. The molecule has 2 heterocycles. The average Bonchev–Trinajstić information content (AvgIpc) is 3.32. The van der Waals surface area contributed by atoms with E-state index in [1.807, 2.05) is 13.8 Å². The SMILES string of the molecule is CCOc1cc(C)c(-n2c(C3CC3)ccc(C(=O)O)c2=O)cn1. The molecule has 0 aliphatic heterocycles. The third-order valence-electron chi connectivity index (χ3n) is 3.93. The van der Waals surface area contributed by atoms with Crippen LogP contribution in [0.4, 0.5) is 0 Å². The van der Waals surface area contributed by atoms with Gasteiger partial charge in [-0.3, -0.25) is 9.36 Å². The zero-order valence-electron chi connectivity index (χ0n) is 13.1. The Morgan fingerprint density at radius 2 is 2.17 bits per heavy atom. The minimum atomic E-state index is -1.22. The number of aromatic carboxylic acids is 1. The van der Waals surface area contributed by atoms with Crippen LogP contribution < -0.4 is 10.3 Å². The molecule has 6 heteroatoms. The quantitative estimate of drug-likeness (QED) is 0.917. The largest absolute Gasteiger partial charge is 0.478 e. The Kier molecular flexibility index (Phi) is 3.90.